The molecule has 38 heavy (non-hydrogen) atoms. The summed E-state index contributed by atoms with van der Waals surface area (Å²) in [6.45, 7) is 0.674. The third-order valence-electron chi connectivity index (χ3n) is 6.60. The zero-order valence-electron chi connectivity index (χ0n) is 20.0. The lowest BCUT2D eigenvalue weighted by Crippen LogP contribution is -2.71. The number of hydrogen-bond donors (Lipinski definition) is 2. The molecular formula is C24H23N7O5S2. The third-order valence-corrected chi connectivity index (χ3v) is 8.61. The van der Waals surface area contributed by atoms with Crippen molar-refractivity contribution < 1.29 is 28.9 Å². The molecule has 5 heterocycles. The van der Waals surface area contributed by atoms with E-state index in [0.29, 0.717) is 23.9 Å². The molecule has 0 aromatic carbocycles. The highest BCUT2D eigenvalue weighted by Gasteiger charge is 2.53. The number of thioether (sulfide) groups is 1. The molecule has 0 unspecified atom stereocenters. The van der Waals surface area contributed by atoms with Gasteiger partial charge in [0.2, 0.25) is 0 Å². The van der Waals surface area contributed by atoms with Crippen LogP contribution in [0.2, 0.25) is 0 Å². The van der Waals surface area contributed by atoms with Crippen LogP contribution >= 0.6 is 23.1 Å². The number of amides is 2. The Bertz CT molecular complexity index is 1510. The summed E-state index contributed by atoms with van der Waals surface area (Å²) in [5.41, 5.74) is 7.18. The van der Waals surface area contributed by atoms with Crippen molar-refractivity contribution in [1.29, 1.82) is 0 Å². The number of nitrogens with one attached hydrogen (secondary N) is 1. The zero-order valence-corrected chi connectivity index (χ0v) is 21.6. The van der Waals surface area contributed by atoms with Gasteiger partial charge >= 0.3 is 0 Å². The van der Waals surface area contributed by atoms with Crippen molar-refractivity contribution in [3.63, 3.8) is 0 Å². The quantitative estimate of drug-likeness (QED) is 0.155. The van der Waals surface area contributed by atoms with Crippen LogP contribution in [0, 0.1) is 5.92 Å². The highest BCUT2D eigenvalue weighted by atomic mass is 32.2. The molecule has 12 nitrogen and oxygen atoms in total. The van der Waals surface area contributed by atoms with Crippen molar-refractivity contribution in [2.45, 2.75) is 30.8 Å². The van der Waals surface area contributed by atoms with Crippen molar-refractivity contribution >= 4 is 57.4 Å². The number of imidazole rings is 1. The van der Waals surface area contributed by atoms with E-state index in [1.807, 2.05) is 45.8 Å². The molecule has 0 spiro atoms. The van der Waals surface area contributed by atoms with Gasteiger partial charge in [0.1, 0.15) is 42.7 Å². The summed E-state index contributed by atoms with van der Waals surface area (Å²) in [5, 5.41) is 20.1. The SMILES string of the molecule is Nc1nc(/C(=N/OCC2CC2)C(=O)N[C@@H]2C(=O)N3C(C(=O)[O-])=C(C[n+]4ccn5ccccc54)CS[C@H]23)cs1. The molecule has 2 fully saturated rings. The van der Waals surface area contributed by atoms with Crippen LogP contribution in [0.15, 0.2) is 58.6 Å². The average molecular weight is 554 g/mol. The second-order valence-corrected chi connectivity index (χ2v) is 11.2. The molecule has 196 valence electrons. The van der Waals surface area contributed by atoms with E-state index < -0.39 is 29.2 Å². The minimum atomic E-state index is -1.43. The molecule has 2 aliphatic heterocycles. The third kappa shape index (κ3) is 4.49. The molecular weight excluding hydrogens is 530 g/mol. The molecule has 0 bridgehead atoms. The molecule has 3 aromatic heterocycles. The van der Waals surface area contributed by atoms with Crippen LogP contribution in [0.5, 0.6) is 0 Å². The number of fused-ring (bicyclic) bond motifs is 2. The normalized spacial score (nSPS) is 21.3. The molecule has 0 radical (unpaired) electrons. The standard InChI is InChI=1S/C24H23N7O5S2/c25-24-26-15(12-38-24)17(28-36-10-13-4-5-13)20(32)27-18-21(33)31-19(23(34)35)14(11-37-22(18)31)9-30-8-7-29-6-2-1-3-16(29)30/h1-3,6-8,12-13,18,22H,4-5,9-11H2,(H3-,25,26,27,32,34,35)/b28-17-/t18-,22-/m1/s1. The number of nitrogen functional groups attached to an aromatic ring is 1. The number of carboxylic acids is 1. The Balaban J connectivity index is 1.21. The monoisotopic (exact) mass is 553 g/mol. The van der Waals surface area contributed by atoms with Gasteiger partial charge in [-0.05, 0) is 24.8 Å². The lowest BCUT2D eigenvalue weighted by Gasteiger charge is -2.50. The second-order valence-electron chi connectivity index (χ2n) is 9.24. The van der Waals surface area contributed by atoms with Crippen LogP contribution in [0.4, 0.5) is 5.13 Å². The minimum Gasteiger partial charge on any atom is -0.543 e. The zero-order chi connectivity index (χ0) is 26.4. The number of nitrogens with two attached hydrogens (primary N) is 1. The number of thiazole rings is 1. The second kappa shape index (κ2) is 9.76. The maximum absolute atomic E-state index is 13.2. The predicted octanol–water partition coefficient (Wildman–Crippen LogP) is -0.500. The number of carboxylic acid groups (broad SMARTS) is 1. The van der Waals surface area contributed by atoms with Gasteiger partial charge < -0.3 is 25.8 Å². The van der Waals surface area contributed by atoms with Gasteiger partial charge in [-0.15, -0.1) is 23.1 Å². The maximum atomic E-state index is 13.2. The van der Waals surface area contributed by atoms with Gasteiger partial charge in [-0.1, -0.05) is 11.2 Å². The molecule has 6 rings (SSSR count). The first-order chi connectivity index (χ1) is 18.4. The molecule has 1 aliphatic carbocycles. The predicted molar refractivity (Wildman–Crippen MR) is 136 cm³/mol. The summed E-state index contributed by atoms with van der Waals surface area (Å²) in [6.07, 6.45) is 7.73. The van der Waals surface area contributed by atoms with Gasteiger partial charge in [0.05, 0.1) is 17.9 Å². The van der Waals surface area contributed by atoms with E-state index in [-0.39, 0.29) is 28.8 Å². The number of pyridine rings is 1. The number of anilines is 1. The van der Waals surface area contributed by atoms with Crippen molar-refractivity contribution in [3.8, 4) is 0 Å². The number of aliphatic carboxylic acids is 1. The summed E-state index contributed by atoms with van der Waals surface area (Å²) in [4.78, 5) is 49.2. The summed E-state index contributed by atoms with van der Waals surface area (Å²) in [6, 6.07) is 4.78. The number of rotatable bonds is 9. The van der Waals surface area contributed by atoms with Crippen LogP contribution in [0.25, 0.3) is 5.65 Å². The van der Waals surface area contributed by atoms with Crippen LogP contribution in [0.3, 0.4) is 0 Å². The molecule has 2 amide bonds. The number of hydrogen-bond acceptors (Lipinski definition) is 10. The van der Waals surface area contributed by atoms with E-state index in [0.717, 1.165) is 29.8 Å². The van der Waals surface area contributed by atoms with Crippen molar-refractivity contribution in [1.82, 2.24) is 19.6 Å². The number of carbonyl (C=O) groups excluding carboxylic acids is 3. The van der Waals surface area contributed by atoms with Gasteiger partial charge in [0.25, 0.3) is 17.5 Å². The van der Waals surface area contributed by atoms with E-state index in [9.17, 15) is 19.5 Å². The topological polar surface area (TPSA) is 158 Å². The number of carbonyl (C=O) groups is 3. The number of β-lactam (4-membered cyclic amide) rings is 1. The van der Waals surface area contributed by atoms with Crippen LogP contribution in [0.1, 0.15) is 18.5 Å². The Hall–Kier alpha value is -3.91. The molecule has 1 saturated heterocycles. The van der Waals surface area contributed by atoms with Gasteiger partial charge in [-0.3, -0.25) is 14.5 Å². The molecule has 3 aliphatic rings. The van der Waals surface area contributed by atoms with E-state index in [4.69, 9.17) is 10.6 Å². The Labute approximate surface area is 224 Å². The molecule has 2 atom stereocenters. The van der Waals surface area contributed by atoms with E-state index in [1.54, 1.807) is 5.38 Å². The summed E-state index contributed by atoms with van der Waals surface area (Å²) >= 11 is 2.54. The lowest BCUT2D eigenvalue weighted by atomic mass is 10.0. The van der Waals surface area contributed by atoms with Crippen molar-refractivity contribution in [3.05, 3.63) is 59.1 Å². The number of oxime groups is 1. The maximum Gasteiger partial charge on any atom is 0.286 e. The minimum absolute atomic E-state index is 0.0843. The fourth-order valence-electron chi connectivity index (χ4n) is 4.48. The van der Waals surface area contributed by atoms with Crippen LogP contribution in [-0.4, -0.2) is 61.6 Å². The summed E-state index contributed by atoms with van der Waals surface area (Å²) < 4.78 is 3.83. The lowest BCUT2D eigenvalue weighted by molar-refractivity contribution is -0.662. The fourth-order valence-corrected chi connectivity index (χ4v) is 6.36. The van der Waals surface area contributed by atoms with E-state index in [1.165, 1.54) is 16.7 Å². The molecule has 3 N–H and O–H groups in total. The highest BCUT2D eigenvalue weighted by Crippen LogP contribution is 2.40. The van der Waals surface area contributed by atoms with E-state index in [2.05, 4.69) is 15.5 Å². The molecule has 1 saturated carbocycles. The Morgan fingerprint density at radius 1 is 1.32 bits per heavy atom. The Morgan fingerprint density at radius 3 is 2.89 bits per heavy atom. The largest absolute Gasteiger partial charge is 0.543 e. The fraction of sp³-hybridized carbons (Fsp3) is 0.333. The summed E-state index contributed by atoms with van der Waals surface area (Å²) in [7, 11) is 0. The average Bonchev–Trinajstić information content (AvgIpc) is 3.50. The van der Waals surface area contributed by atoms with Crippen LogP contribution < -0.4 is 20.7 Å². The van der Waals surface area contributed by atoms with Gasteiger partial charge in [0, 0.05) is 22.8 Å². The Morgan fingerprint density at radius 2 is 2.16 bits per heavy atom. The van der Waals surface area contributed by atoms with E-state index >= 15 is 0 Å². The number of aromatic nitrogens is 3. The van der Waals surface area contributed by atoms with Crippen LogP contribution in [-0.2, 0) is 25.8 Å². The first-order valence-corrected chi connectivity index (χ1v) is 13.9. The Kier molecular flexibility index (Phi) is 6.27. The van der Waals surface area contributed by atoms with Crippen molar-refractivity contribution in [2.75, 3.05) is 18.1 Å². The first-order valence-electron chi connectivity index (χ1n) is 12.0. The van der Waals surface area contributed by atoms with Gasteiger partial charge in [-0.25, -0.2) is 14.0 Å². The smallest absolute Gasteiger partial charge is 0.286 e. The molecule has 3 aromatic rings. The van der Waals surface area contributed by atoms with Crippen molar-refractivity contribution in [2.24, 2.45) is 11.1 Å². The number of nitrogens with zero attached hydrogens (tertiary/aromatic N) is 5. The van der Waals surface area contributed by atoms with Gasteiger partial charge in [0.15, 0.2) is 10.8 Å². The highest BCUT2D eigenvalue weighted by molar-refractivity contribution is 8.00. The molecule has 14 heteroatoms. The first kappa shape index (κ1) is 24.4. The summed E-state index contributed by atoms with van der Waals surface area (Å²) in [5.74, 6) is -1.83. The van der Waals surface area contributed by atoms with Gasteiger partial charge in [-0.2, -0.15) is 0 Å².